The van der Waals surface area contributed by atoms with Gasteiger partial charge in [-0.05, 0) is 44.9 Å². The molecule has 9 nitrogen and oxygen atoms in total. The average molecular weight is 1120 g/mol. The molecule has 7 atom stereocenters. The van der Waals surface area contributed by atoms with Crippen molar-refractivity contribution >= 4 is 5.91 Å². The summed E-state index contributed by atoms with van der Waals surface area (Å²) in [5.74, 6) is -0.136. The van der Waals surface area contributed by atoms with Gasteiger partial charge in [-0.2, -0.15) is 0 Å². The van der Waals surface area contributed by atoms with E-state index in [2.05, 4.69) is 43.5 Å². The average Bonchev–Trinajstić information content (AvgIpc) is 3.48. The Labute approximate surface area is 489 Å². The number of amides is 1. The maximum atomic E-state index is 13.1. The third kappa shape index (κ3) is 48.7. The summed E-state index contributed by atoms with van der Waals surface area (Å²) >= 11 is 0. The zero-order valence-electron chi connectivity index (χ0n) is 52.4. The number of carbonyl (C=O) groups excluding carboxylic acids is 1. The highest BCUT2D eigenvalue weighted by molar-refractivity contribution is 5.76. The molecule has 0 aliphatic carbocycles. The van der Waals surface area contributed by atoms with Crippen LogP contribution in [0.2, 0.25) is 0 Å². The highest BCUT2D eigenvalue weighted by Crippen LogP contribution is 2.24. The quantitative estimate of drug-likeness (QED) is 0.0261. The predicted octanol–water partition coefficient (Wildman–Crippen LogP) is 18.9. The first-order chi connectivity index (χ1) is 38.8. The largest absolute Gasteiger partial charge is 0.394 e. The van der Waals surface area contributed by atoms with Gasteiger partial charge in [-0.25, -0.2) is 0 Å². The highest BCUT2D eigenvalue weighted by Gasteiger charge is 2.44. The number of allylic oxidation sites excluding steroid dienone is 4. The molecule has 1 aliphatic heterocycles. The first kappa shape index (κ1) is 75.7. The molecule has 0 spiro atoms. The summed E-state index contributed by atoms with van der Waals surface area (Å²) in [5, 5.41) is 54.8. The van der Waals surface area contributed by atoms with Crippen LogP contribution in [0.1, 0.15) is 361 Å². The second-order valence-corrected chi connectivity index (χ2v) is 24.7. The van der Waals surface area contributed by atoms with Gasteiger partial charge in [0, 0.05) is 6.42 Å². The number of rotatable bonds is 62. The molecule has 1 amide bonds. The Balaban J connectivity index is 2.02. The van der Waals surface area contributed by atoms with E-state index in [1.165, 1.54) is 289 Å². The Morgan fingerprint density at radius 2 is 0.747 bits per heavy atom. The molecule has 0 saturated carbocycles. The summed E-state index contributed by atoms with van der Waals surface area (Å²) in [6.07, 6.45) is 71.2. The summed E-state index contributed by atoms with van der Waals surface area (Å²) < 4.78 is 11.4. The van der Waals surface area contributed by atoms with Gasteiger partial charge in [0.25, 0.3) is 0 Å². The fourth-order valence-electron chi connectivity index (χ4n) is 11.6. The number of aliphatic hydroxyl groups is 5. The Kier molecular flexibility index (Phi) is 57.3. The number of unbranched alkanes of at least 4 members (excludes halogenated alkanes) is 48. The van der Waals surface area contributed by atoms with E-state index in [1.54, 1.807) is 0 Å². The smallest absolute Gasteiger partial charge is 0.220 e. The Bertz CT molecular complexity index is 1300. The van der Waals surface area contributed by atoms with Crippen molar-refractivity contribution in [3.8, 4) is 0 Å². The van der Waals surface area contributed by atoms with Gasteiger partial charge in [-0.1, -0.05) is 334 Å². The van der Waals surface area contributed by atoms with E-state index >= 15 is 0 Å². The molecule has 1 saturated heterocycles. The molecule has 0 aromatic rings. The summed E-state index contributed by atoms with van der Waals surface area (Å²) in [6.45, 7) is 3.87. The lowest BCUT2D eigenvalue weighted by Crippen LogP contribution is -2.60. The van der Waals surface area contributed by atoms with Crippen molar-refractivity contribution in [2.45, 2.75) is 403 Å². The van der Waals surface area contributed by atoms with E-state index < -0.39 is 49.5 Å². The van der Waals surface area contributed by atoms with E-state index in [1.807, 2.05) is 0 Å². The zero-order valence-corrected chi connectivity index (χ0v) is 52.4. The molecule has 468 valence electrons. The minimum absolute atomic E-state index is 0.132. The Hall–Kier alpha value is -1.33. The molecule has 0 aromatic carbocycles. The second-order valence-electron chi connectivity index (χ2n) is 24.7. The van der Waals surface area contributed by atoms with Crippen molar-refractivity contribution in [1.29, 1.82) is 0 Å². The van der Waals surface area contributed by atoms with Crippen LogP contribution in [-0.2, 0) is 14.3 Å². The second kappa shape index (κ2) is 59.8. The van der Waals surface area contributed by atoms with Crippen LogP contribution in [0, 0.1) is 0 Å². The molecule has 79 heavy (non-hydrogen) atoms. The number of aliphatic hydroxyl groups excluding tert-OH is 5. The third-order valence-corrected chi connectivity index (χ3v) is 17.1. The number of hydrogen-bond acceptors (Lipinski definition) is 8. The molecule has 7 unspecified atom stereocenters. The van der Waals surface area contributed by atoms with E-state index in [0.29, 0.717) is 12.8 Å². The minimum Gasteiger partial charge on any atom is -0.394 e. The van der Waals surface area contributed by atoms with Gasteiger partial charge < -0.3 is 40.3 Å². The fraction of sp³-hybridized carbons (Fsp3) is 0.929. The van der Waals surface area contributed by atoms with E-state index in [0.717, 1.165) is 44.9 Å². The Morgan fingerprint density at radius 3 is 1.09 bits per heavy atom. The lowest BCUT2D eigenvalue weighted by atomic mass is 9.99. The molecule has 1 rings (SSSR count). The molecule has 0 aromatic heterocycles. The van der Waals surface area contributed by atoms with Crippen LogP contribution in [0.3, 0.4) is 0 Å². The van der Waals surface area contributed by atoms with E-state index in [9.17, 15) is 30.3 Å². The monoisotopic (exact) mass is 1120 g/mol. The third-order valence-electron chi connectivity index (χ3n) is 17.1. The van der Waals surface area contributed by atoms with Gasteiger partial charge in [-0.3, -0.25) is 4.79 Å². The summed E-state index contributed by atoms with van der Waals surface area (Å²) in [7, 11) is 0. The SMILES string of the molecule is CCCCCCC/C=C\C/C=C\CCCCCCCCCCCCCCCCCCCCCCCCCCCCCC(=O)NC(COC1OC(CO)C(O)C(O)C1O)C(O)CCCCCCCCCCCCCCCCCCC. The van der Waals surface area contributed by atoms with Crippen LogP contribution in [0.4, 0.5) is 0 Å². The standard InChI is InChI=1S/C70H135NO8/c1-3-5-7-9-11-13-15-17-19-21-22-23-24-25-26-27-28-29-30-31-32-33-34-35-36-37-38-39-40-41-42-44-46-48-50-52-54-56-58-60-66(74)71-63(62-78-70-69(77)68(76)67(75)65(61-72)79-70)64(73)59-57-55-53-51-49-47-45-43-20-18-16-14-12-10-8-6-4-2/h15,17,21-22,63-65,67-70,72-73,75-77H,3-14,16,18-20,23-62H2,1-2H3,(H,71,74)/b17-15-,22-21-. The number of nitrogens with one attached hydrogen (secondary N) is 1. The molecule has 1 fully saturated rings. The molecular weight excluding hydrogens is 983 g/mol. The van der Waals surface area contributed by atoms with Gasteiger partial charge in [0.05, 0.1) is 25.4 Å². The molecule has 6 N–H and O–H groups in total. The first-order valence-corrected chi connectivity index (χ1v) is 35.0. The molecule has 1 heterocycles. The normalized spacial score (nSPS) is 18.6. The lowest BCUT2D eigenvalue weighted by molar-refractivity contribution is -0.302. The number of carbonyl (C=O) groups is 1. The van der Waals surface area contributed by atoms with Crippen LogP contribution < -0.4 is 5.32 Å². The van der Waals surface area contributed by atoms with Gasteiger partial charge in [0.15, 0.2) is 6.29 Å². The minimum atomic E-state index is -1.55. The summed E-state index contributed by atoms with van der Waals surface area (Å²) in [4.78, 5) is 13.1. The van der Waals surface area contributed by atoms with E-state index in [-0.39, 0.29) is 12.5 Å². The van der Waals surface area contributed by atoms with Crippen LogP contribution in [0.15, 0.2) is 24.3 Å². The molecule has 0 radical (unpaired) electrons. The summed E-state index contributed by atoms with van der Waals surface area (Å²) in [5.41, 5.74) is 0. The van der Waals surface area contributed by atoms with Crippen LogP contribution in [0.5, 0.6) is 0 Å². The van der Waals surface area contributed by atoms with Crippen LogP contribution in [0.25, 0.3) is 0 Å². The number of hydrogen-bond donors (Lipinski definition) is 6. The van der Waals surface area contributed by atoms with Gasteiger partial charge >= 0.3 is 0 Å². The first-order valence-electron chi connectivity index (χ1n) is 35.0. The predicted molar refractivity (Wildman–Crippen MR) is 337 cm³/mol. The van der Waals surface area contributed by atoms with Crippen molar-refractivity contribution in [2.75, 3.05) is 13.2 Å². The van der Waals surface area contributed by atoms with Crippen LogP contribution >= 0.6 is 0 Å². The molecular formula is C70H135NO8. The van der Waals surface area contributed by atoms with Crippen molar-refractivity contribution in [1.82, 2.24) is 5.32 Å². The number of ether oxygens (including phenoxy) is 2. The fourth-order valence-corrected chi connectivity index (χ4v) is 11.6. The highest BCUT2D eigenvalue weighted by atomic mass is 16.7. The van der Waals surface area contributed by atoms with Gasteiger partial charge in [-0.15, -0.1) is 0 Å². The van der Waals surface area contributed by atoms with Gasteiger partial charge in [0.2, 0.25) is 5.91 Å². The van der Waals surface area contributed by atoms with Crippen molar-refractivity contribution < 1.29 is 39.8 Å². The summed E-state index contributed by atoms with van der Waals surface area (Å²) in [6, 6.07) is -0.716. The van der Waals surface area contributed by atoms with Crippen molar-refractivity contribution in [3.63, 3.8) is 0 Å². The molecule has 1 aliphatic rings. The van der Waals surface area contributed by atoms with Crippen LogP contribution in [-0.4, -0.2) is 87.5 Å². The maximum Gasteiger partial charge on any atom is 0.220 e. The van der Waals surface area contributed by atoms with Crippen molar-refractivity contribution in [2.24, 2.45) is 0 Å². The lowest BCUT2D eigenvalue weighted by Gasteiger charge is -2.40. The Morgan fingerprint density at radius 1 is 0.430 bits per heavy atom. The van der Waals surface area contributed by atoms with E-state index in [4.69, 9.17) is 9.47 Å². The zero-order chi connectivity index (χ0) is 57.2. The van der Waals surface area contributed by atoms with Crippen molar-refractivity contribution in [3.05, 3.63) is 24.3 Å². The molecule has 0 bridgehead atoms. The topological polar surface area (TPSA) is 149 Å². The maximum absolute atomic E-state index is 13.1. The van der Waals surface area contributed by atoms with Gasteiger partial charge in [0.1, 0.15) is 24.4 Å². The molecule has 9 heteroatoms.